The number of halogens is 1. The standard InChI is InChI=1S/C23H37N5O2S.HI/c1-7-28(8-2)13-14-30-21-11-9-19(10-12-21)15-25-23(24-4)27(5)16-20-17-31-22(26-20)18(3)29-6;/h9-12,17-18H,7-8,13-16H2,1-6H3,(H,24,25);1H. The monoisotopic (exact) mass is 575 g/mol. The van der Waals surface area contributed by atoms with E-state index in [1.807, 2.05) is 26.1 Å². The van der Waals surface area contributed by atoms with Gasteiger partial charge in [0.1, 0.15) is 23.5 Å². The number of guanidine groups is 1. The van der Waals surface area contributed by atoms with Crippen LogP contribution in [0.3, 0.4) is 0 Å². The summed E-state index contributed by atoms with van der Waals surface area (Å²) in [7, 11) is 5.51. The first kappa shape index (κ1) is 28.6. The maximum absolute atomic E-state index is 5.86. The van der Waals surface area contributed by atoms with Crippen molar-refractivity contribution in [2.24, 2.45) is 4.99 Å². The topological polar surface area (TPSA) is 62.2 Å². The quantitative estimate of drug-likeness (QED) is 0.230. The number of aliphatic imine (C=N–C) groups is 1. The number of methoxy groups -OCH3 is 1. The zero-order valence-electron chi connectivity index (χ0n) is 20.1. The number of benzene rings is 1. The largest absolute Gasteiger partial charge is 0.492 e. The van der Waals surface area contributed by atoms with Crippen LogP contribution in [0, 0.1) is 0 Å². The minimum Gasteiger partial charge on any atom is -0.492 e. The van der Waals surface area contributed by atoms with Crippen LogP contribution < -0.4 is 10.1 Å². The molecule has 1 aromatic heterocycles. The summed E-state index contributed by atoms with van der Waals surface area (Å²) in [5, 5.41) is 6.49. The van der Waals surface area contributed by atoms with E-state index in [1.54, 1.807) is 25.5 Å². The third kappa shape index (κ3) is 9.21. The number of rotatable bonds is 12. The van der Waals surface area contributed by atoms with Crippen LogP contribution in [0.2, 0.25) is 0 Å². The Morgan fingerprint density at radius 1 is 1.22 bits per heavy atom. The van der Waals surface area contributed by atoms with E-state index in [4.69, 9.17) is 9.47 Å². The van der Waals surface area contributed by atoms with E-state index >= 15 is 0 Å². The highest BCUT2D eigenvalue weighted by molar-refractivity contribution is 14.0. The number of nitrogens with one attached hydrogen (secondary N) is 1. The predicted octanol–water partition coefficient (Wildman–Crippen LogP) is 4.40. The summed E-state index contributed by atoms with van der Waals surface area (Å²) in [5.74, 6) is 1.73. The van der Waals surface area contributed by atoms with Crippen LogP contribution in [0.25, 0.3) is 0 Å². The van der Waals surface area contributed by atoms with E-state index in [-0.39, 0.29) is 30.1 Å². The van der Waals surface area contributed by atoms with Crippen molar-refractivity contribution in [1.29, 1.82) is 0 Å². The molecule has 7 nitrogen and oxygen atoms in total. The zero-order chi connectivity index (χ0) is 22.6. The summed E-state index contributed by atoms with van der Waals surface area (Å²) in [4.78, 5) is 13.5. The van der Waals surface area contributed by atoms with Crippen molar-refractivity contribution in [2.75, 3.05) is 47.4 Å². The van der Waals surface area contributed by atoms with E-state index < -0.39 is 0 Å². The third-order valence-corrected chi connectivity index (χ3v) is 6.24. The molecule has 1 aromatic carbocycles. The van der Waals surface area contributed by atoms with E-state index in [9.17, 15) is 0 Å². The summed E-state index contributed by atoms with van der Waals surface area (Å²) < 4.78 is 11.2. The van der Waals surface area contributed by atoms with Gasteiger partial charge in [0.05, 0.1) is 12.2 Å². The zero-order valence-corrected chi connectivity index (χ0v) is 23.3. The van der Waals surface area contributed by atoms with Gasteiger partial charge in [-0.15, -0.1) is 35.3 Å². The highest BCUT2D eigenvalue weighted by Crippen LogP contribution is 2.21. The van der Waals surface area contributed by atoms with Gasteiger partial charge < -0.3 is 24.6 Å². The van der Waals surface area contributed by atoms with Crippen molar-refractivity contribution in [3.8, 4) is 5.75 Å². The van der Waals surface area contributed by atoms with Gasteiger partial charge in [-0.1, -0.05) is 26.0 Å². The van der Waals surface area contributed by atoms with Gasteiger partial charge in [-0.2, -0.15) is 0 Å². The van der Waals surface area contributed by atoms with Gasteiger partial charge in [0, 0.05) is 39.7 Å². The fourth-order valence-corrected chi connectivity index (χ4v) is 3.94. The van der Waals surface area contributed by atoms with Crippen LogP contribution in [0.5, 0.6) is 5.75 Å². The van der Waals surface area contributed by atoms with Gasteiger partial charge in [-0.05, 0) is 37.7 Å². The summed E-state index contributed by atoms with van der Waals surface area (Å²) in [6.07, 6.45) is 0.0191. The Hall–Kier alpha value is -1.43. The molecule has 1 heterocycles. The van der Waals surface area contributed by atoms with Crippen molar-refractivity contribution in [3.05, 3.63) is 45.9 Å². The fourth-order valence-electron chi connectivity index (χ4n) is 3.10. The number of likely N-dealkylation sites (N-methyl/N-ethyl adjacent to an activating group) is 1. The minimum absolute atomic E-state index is 0. The Balaban J connectivity index is 0.00000512. The molecule has 180 valence electrons. The van der Waals surface area contributed by atoms with Crippen molar-refractivity contribution in [3.63, 3.8) is 0 Å². The Labute approximate surface area is 214 Å². The normalized spacial score (nSPS) is 12.4. The predicted molar refractivity (Wildman–Crippen MR) is 144 cm³/mol. The van der Waals surface area contributed by atoms with Crippen molar-refractivity contribution < 1.29 is 9.47 Å². The lowest BCUT2D eigenvalue weighted by molar-refractivity contribution is 0.119. The Morgan fingerprint density at radius 2 is 1.91 bits per heavy atom. The van der Waals surface area contributed by atoms with Crippen molar-refractivity contribution in [2.45, 2.75) is 40.0 Å². The highest BCUT2D eigenvalue weighted by atomic mass is 127. The molecule has 9 heteroatoms. The molecule has 0 aliphatic rings. The molecule has 0 radical (unpaired) electrons. The van der Waals surface area contributed by atoms with Crippen molar-refractivity contribution in [1.82, 2.24) is 20.1 Å². The summed E-state index contributed by atoms with van der Waals surface area (Å²) in [6, 6.07) is 8.23. The molecular formula is C23H38IN5O2S. The van der Waals surface area contributed by atoms with Crippen LogP contribution in [-0.4, -0.2) is 68.2 Å². The lowest BCUT2D eigenvalue weighted by Gasteiger charge is -2.21. The number of aromatic nitrogens is 1. The molecule has 1 N–H and O–H groups in total. The molecule has 0 aliphatic carbocycles. The first-order chi connectivity index (χ1) is 15.0. The fraction of sp³-hybridized carbons (Fsp3) is 0.565. The average Bonchev–Trinajstić information content (AvgIpc) is 3.26. The summed E-state index contributed by atoms with van der Waals surface area (Å²) in [5.41, 5.74) is 2.19. The molecule has 2 aromatic rings. The highest BCUT2D eigenvalue weighted by Gasteiger charge is 2.12. The van der Waals surface area contributed by atoms with E-state index in [2.05, 4.69) is 56.5 Å². The Kier molecular flexibility index (Phi) is 13.8. The molecule has 0 aliphatic heterocycles. The molecule has 1 unspecified atom stereocenters. The van der Waals surface area contributed by atoms with Gasteiger partial charge in [0.25, 0.3) is 0 Å². The van der Waals surface area contributed by atoms with Crippen molar-refractivity contribution >= 4 is 41.3 Å². The summed E-state index contributed by atoms with van der Waals surface area (Å²) >= 11 is 1.63. The second-order valence-corrected chi connectivity index (χ2v) is 8.22. The lowest BCUT2D eigenvalue weighted by Crippen LogP contribution is -2.38. The number of hydrogen-bond acceptors (Lipinski definition) is 6. The minimum atomic E-state index is 0. The van der Waals surface area contributed by atoms with Gasteiger partial charge in [-0.3, -0.25) is 4.99 Å². The van der Waals surface area contributed by atoms with Crippen LogP contribution in [0.4, 0.5) is 0 Å². The molecule has 0 fully saturated rings. The van der Waals surface area contributed by atoms with Crippen LogP contribution in [-0.2, 0) is 17.8 Å². The maximum atomic E-state index is 5.86. The average molecular weight is 576 g/mol. The Bertz CT molecular complexity index is 796. The molecule has 1 atom stereocenters. The summed E-state index contributed by atoms with van der Waals surface area (Å²) in [6.45, 7) is 11.5. The molecular weight excluding hydrogens is 537 g/mol. The van der Waals surface area contributed by atoms with E-state index in [1.165, 1.54) is 5.56 Å². The van der Waals surface area contributed by atoms with Crippen LogP contribution in [0.15, 0.2) is 34.6 Å². The smallest absolute Gasteiger partial charge is 0.194 e. The number of thiazole rings is 1. The second-order valence-electron chi connectivity index (χ2n) is 7.33. The molecule has 0 saturated carbocycles. The van der Waals surface area contributed by atoms with Gasteiger partial charge >= 0.3 is 0 Å². The lowest BCUT2D eigenvalue weighted by atomic mass is 10.2. The van der Waals surface area contributed by atoms with E-state index in [0.29, 0.717) is 19.7 Å². The number of nitrogens with zero attached hydrogens (tertiary/aromatic N) is 4. The molecule has 0 bridgehead atoms. The second kappa shape index (κ2) is 15.4. The third-order valence-electron chi connectivity index (χ3n) is 5.19. The maximum Gasteiger partial charge on any atom is 0.194 e. The molecule has 0 saturated heterocycles. The SMILES string of the molecule is CCN(CC)CCOc1ccc(CNC(=NC)N(C)Cc2csc(C(C)OC)n2)cc1.I. The Morgan fingerprint density at radius 3 is 2.50 bits per heavy atom. The van der Waals surface area contributed by atoms with Gasteiger partial charge in [-0.25, -0.2) is 4.98 Å². The number of ether oxygens (including phenoxy) is 2. The van der Waals surface area contributed by atoms with E-state index in [0.717, 1.165) is 42.0 Å². The van der Waals surface area contributed by atoms with Crippen LogP contribution in [0.1, 0.15) is 43.1 Å². The molecule has 0 spiro atoms. The van der Waals surface area contributed by atoms with Gasteiger partial charge in [0.15, 0.2) is 5.96 Å². The molecule has 0 amide bonds. The van der Waals surface area contributed by atoms with Gasteiger partial charge in [0.2, 0.25) is 0 Å². The molecule has 2 rings (SSSR count). The van der Waals surface area contributed by atoms with Crippen LogP contribution >= 0.6 is 35.3 Å². The molecule has 32 heavy (non-hydrogen) atoms. The number of hydrogen-bond donors (Lipinski definition) is 1. The first-order valence-electron chi connectivity index (χ1n) is 10.8. The first-order valence-corrected chi connectivity index (χ1v) is 11.7.